The van der Waals surface area contributed by atoms with E-state index < -0.39 is 0 Å². The third kappa shape index (κ3) is 2.27. The third-order valence-corrected chi connectivity index (χ3v) is 3.15. The lowest BCUT2D eigenvalue weighted by molar-refractivity contribution is 0.136. The van der Waals surface area contributed by atoms with Crippen LogP contribution < -0.4 is 9.64 Å². The smallest absolute Gasteiger partial charge is 0.214 e. The van der Waals surface area contributed by atoms with Crippen LogP contribution in [-0.2, 0) is 0 Å². The minimum absolute atomic E-state index is 0.240. The molecule has 1 aromatic rings. The highest BCUT2D eigenvalue weighted by Gasteiger charge is 2.26. The van der Waals surface area contributed by atoms with E-state index in [0.717, 1.165) is 25.3 Å². The molecule has 1 fully saturated rings. The molecule has 0 amide bonds. The van der Waals surface area contributed by atoms with Crippen molar-refractivity contribution in [2.75, 3.05) is 25.1 Å². The number of aliphatic hydroxyl groups excluding tert-OH is 1. The van der Waals surface area contributed by atoms with Crippen molar-refractivity contribution in [1.82, 2.24) is 4.98 Å². The zero-order valence-electron chi connectivity index (χ0n) is 9.76. The second-order valence-electron chi connectivity index (χ2n) is 4.27. The van der Waals surface area contributed by atoms with Gasteiger partial charge in [0.15, 0.2) is 0 Å². The summed E-state index contributed by atoms with van der Waals surface area (Å²) in [4.78, 5) is 6.58. The van der Waals surface area contributed by atoms with Crippen molar-refractivity contribution in [1.29, 1.82) is 0 Å². The Balaban J connectivity index is 2.08. The quantitative estimate of drug-likeness (QED) is 0.837. The Hall–Kier alpha value is -1.29. The summed E-state index contributed by atoms with van der Waals surface area (Å²) in [5, 5.41) is 9.55. The normalized spacial score (nSPS) is 22.2. The molecule has 0 bridgehead atoms. The molecule has 1 N–H and O–H groups in total. The van der Waals surface area contributed by atoms with Gasteiger partial charge in [0.1, 0.15) is 5.82 Å². The predicted octanol–water partition coefficient (Wildman–Crippen LogP) is 1.30. The van der Waals surface area contributed by atoms with E-state index in [-0.39, 0.29) is 6.10 Å². The number of nitrogens with zero attached hydrogens (tertiary/aromatic N) is 2. The maximum Gasteiger partial charge on any atom is 0.214 e. The van der Waals surface area contributed by atoms with Crippen LogP contribution in [0.2, 0.25) is 0 Å². The molecule has 4 heteroatoms. The molecule has 88 valence electrons. The Bertz CT molecular complexity index is 355. The Morgan fingerprint density at radius 3 is 3.00 bits per heavy atom. The maximum absolute atomic E-state index is 9.55. The van der Waals surface area contributed by atoms with Gasteiger partial charge in [-0.25, -0.2) is 0 Å². The molecule has 1 aliphatic rings. The van der Waals surface area contributed by atoms with Crippen LogP contribution in [-0.4, -0.2) is 36.4 Å². The van der Waals surface area contributed by atoms with Gasteiger partial charge in [0.25, 0.3) is 0 Å². The van der Waals surface area contributed by atoms with Crippen molar-refractivity contribution in [3.63, 3.8) is 0 Å². The first-order valence-electron chi connectivity index (χ1n) is 5.65. The molecule has 2 unspecified atom stereocenters. The SMILES string of the molecule is COc1cccc(N2CCC(C(C)O)C2)n1. The zero-order valence-corrected chi connectivity index (χ0v) is 9.76. The van der Waals surface area contributed by atoms with Crippen molar-refractivity contribution in [3.05, 3.63) is 18.2 Å². The molecule has 0 saturated carbocycles. The van der Waals surface area contributed by atoms with Gasteiger partial charge in [0.05, 0.1) is 13.2 Å². The Morgan fingerprint density at radius 1 is 1.56 bits per heavy atom. The Morgan fingerprint density at radius 2 is 2.38 bits per heavy atom. The fourth-order valence-electron chi connectivity index (χ4n) is 2.08. The molecule has 0 spiro atoms. The van der Waals surface area contributed by atoms with E-state index >= 15 is 0 Å². The van der Waals surface area contributed by atoms with Crippen molar-refractivity contribution < 1.29 is 9.84 Å². The van der Waals surface area contributed by atoms with Crippen molar-refractivity contribution in [2.24, 2.45) is 5.92 Å². The second kappa shape index (κ2) is 4.70. The van der Waals surface area contributed by atoms with Crippen LogP contribution in [0.4, 0.5) is 5.82 Å². The molecule has 2 rings (SSSR count). The van der Waals surface area contributed by atoms with Crippen LogP contribution in [0.15, 0.2) is 18.2 Å². The average molecular weight is 222 g/mol. The summed E-state index contributed by atoms with van der Waals surface area (Å²) in [7, 11) is 1.62. The topological polar surface area (TPSA) is 45.6 Å². The van der Waals surface area contributed by atoms with Gasteiger partial charge >= 0.3 is 0 Å². The van der Waals surface area contributed by atoms with Gasteiger partial charge in [-0.2, -0.15) is 4.98 Å². The lowest BCUT2D eigenvalue weighted by Crippen LogP contribution is -2.24. The first kappa shape index (κ1) is 11.2. The van der Waals surface area contributed by atoms with Gasteiger partial charge in [0.2, 0.25) is 5.88 Å². The lowest BCUT2D eigenvalue weighted by atomic mass is 10.0. The summed E-state index contributed by atoms with van der Waals surface area (Å²) in [5.41, 5.74) is 0. The monoisotopic (exact) mass is 222 g/mol. The summed E-state index contributed by atoms with van der Waals surface area (Å²) < 4.78 is 5.10. The first-order valence-corrected chi connectivity index (χ1v) is 5.65. The van der Waals surface area contributed by atoms with Crippen LogP contribution in [0, 0.1) is 5.92 Å². The molecule has 1 saturated heterocycles. The largest absolute Gasteiger partial charge is 0.481 e. The summed E-state index contributed by atoms with van der Waals surface area (Å²) in [5.74, 6) is 1.92. The van der Waals surface area contributed by atoms with E-state index in [0.29, 0.717) is 11.8 Å². The van der Waals surface area contributed by atoms with Crippen molar-refractivity contribution >= 4 is 5.82 Å². The van der Waals surface area contributed by atoms with Crippen LogP contribution >= 0.6 is 0 Å². The van der Waals surface area contributed by atoms with E-state index in [2.05, 4.69) is 9.88 Å². The number of ether oxygens (including phenoxy) is 1. The van der Waals surface area contributed by atoms with Gasteiger partial charge in [-0.15, -0.1) is 0 Å². The van der Waals surface area contributed by atoms with Gasteiger partial charge in [-0.1, -0.05) is 6.07 Å². The number of methoxy groups -OCH3 is 1. The first-order chi connectivity index (χ1) is 7.70. The highest BCUT2D eigenvalue weighted by molar-refractivity contribution is 5.41. The van der Waals surface area contributed by atoms with Crippen molar-refractivity contribution in [2.45, 2.75) is 19.4 Å². The molecule has 0 aromatic carbocycles. The van der Waals surface area contributed by atoms with E-state index in [4.69, 9.17) is 4.74 Å². The van der Waals surface area contributed by atoms with Crippen LogP contribution in [0.5, 0.6) is 5.88 Å². The highest BCUT2D eigenvalue weighted by Crippen LogP contribution is 2.25. The van der Waals surface area contributed by atoms with E-state index in [1.165, 1.54) is 0 Å². The van der Waals surface area contributed by atoms with Gasteiger partial charge in [0, 0.05) is 25.1 Å². The molecule has 1 aromatic heterocycles. The number of rotatable bonds is 3. The predicted molar refractivity (Wildman–Crippen MR) is 62.8 cm³/mol. The molecular formula is C12H18N2O2. The third-order valence-electron chi connectivity index (χ3n) is 3.15. The summed E-state index contributed by atoms with van der Waals surface area (Å²) in [6, 6.07) is 5.76. The maximum atomic E-state index is 9.55. The van der Waals surface area contributed by atoms with E-state index in [1.54, 1.807) is 7.11 Å². The molecule has 0 aliphatic carbocycles. The fraction of sp³-hybridized carbons (Fsp3) is 0.583. The molecule has 16 heavy (non-hydrogen) atoms. The molecule has 4 nitrogen and oxygen atoms in total. The number of hydrogen-bond acceptors (Lipinski definition) is 4. The number of aliphatic hydroxyl groups is 1. The molecule has 2 heterocycles. The number of hydrogen-bond donors (Lipinski definition) is 1. The zero-order chi connectivity index (χ0) is 11.5. The minimum atomic E-state index is -0.240. The molecule has 1 aliphatic heterocycles. The van der Waals surface area contributed by atoms with E-state index in [1.807, 2.05) is 25.1 Å². The number of aromatic nitrogens is 1. The Kier molecular flexibility index (Phi) is 3.29. The van der Waals surface area contributed by atoms with Gasteiger partial charge in [-0.05, 0) is 19.4 Å². The van der Waals surface area contributed by atoms with Gasteiger partial charge in [-0.3, -0.25) is 0 Å². The summed E-state index contributed by atoms with van der Waals surface area (Å²) in [6.45, 7) is 3.68. The Labute approximate surface area is 95.9 Å². The van der Waals surface area contributed by atoms with Gasteiger partial charge < -0.3 is 14.7 Å². The van der Waals surface area contributed by atoms with Crippen LogP contribution in [0.1, 0.15) is 13.3 Å². The minimum Gasteiger partial charge on any atom is -0.481 e. The summed E-state index contributed by atoms with van der Waals surface area (Å²) >= 11 is 0. The van der Waals surface area contributed by atoms with Crippen molar-refractivity contribution in [3.8, 4) is 5.88 Å². The average Bonchev–Trinajstić information content (AvgIpc) is 2.78. The van der Waals surface area contributed by atoms with E-state index in [9.17, 15) is 5.11 Å². The fourth-order valence-corrected chi connectivity index (χ4v) is 2.08. The van der Waals surface area contributed by atoms with Crippen LogP contribution in [0.25, 0.3) is 0 Å². The number of anilines is 1. The molecule has 0 radical (unpaired) electrons. The van der Waals surface area contributed by atoms with Crippen LogP contribution in [0.3, 0.4) is 0 Å². The molecular weight excluding hydrogens is 204 g/mol. The number of pyridine rings is 1. The molecule has 2 atom stereocenters. The highest BCUT2D eigenvalue weighted by atomic mass is 16.5. The second-order valence-corrected chi connectivity index (χ2v) is 4.27. The standard InChI is InChI=1S/C12H18N2O2/c1-9(15)10-6-7-14(8-10)11-4-3-5-12(13-11)16-2/h3-5,9-10,15H,6-8H2,1-2H3. The lowest BCUT2D eigenvalue weighted by Gasteiger charge is -2.18. The summed E-state index contributed by atoms with van der Waals surface area (Å²) in [6.07, 6.45) is 0.784.